The van der Waals surface area contributed by atoms with E-state index in [-0.39, 0.29) is 5.91 Å². The summed E-state index contributed by atoms with van der Waals surface area (Å²) in [6.45, 7) is 1.90. The highest BCUT2D eigenvalue weighted by molar-refractivity contribution is 6.00. The summed E-state index contributed by atoms with van der Waals surface area (Å²) < 4.78 is 16.0. The van der Waals surface area contributed by atoms with Crippen LogP contribution in [0.1, 0.15) is 22.8 Å². The lowest BCUT2D eigenvalue weighted by molar-refractivity contribution is -0.117. The maximum Gasteiger partial charge on any atom is 0.255 e. The summed E-state index contributed by atoms with van der Waals surface area (Å²) in [5.41, 5.74) is 1.76. The first-order valence-electron chi connectivity index (χ1n) is 8.90. The lowest BCUT2D eigenvalue weighted by Gasteiger charge is -2.16. The van der Waals surface area contributed by atoms with E-state index in [1.54, 1.807) is 37.5 Å². The zero-order chi connectivity index (χ0) is 20.6. The van der Waals surface area contributed by atoms with Crippen LogP contribution < -0.4 is 20.1 Å². The summed E-state index contributed by atoms with van der Waals surface area (Å²) in [4.78, 5) is 28.5. The Hall–Kier alpha value is -3.81. The van der Waals surface area contributed by atoms with Gasteiger partial charge in [-0.1, -0.05) is 6.07 Å². The Kier molecular flexibility index (Phi) is 6.47. The minimum Gasteiger partial charge on any atom is -0.493 e. The van der Waals surface area contributed by atoms with E-state index in [4.69, 9.17) is 13.9 Å². The lowest BCUT2D eigenvalue weighted by Crippen LogP contribution is -2.41. The van der Waals surface area contributed by atoms with E-state index in [0.29, 0.717) is 29.4 Å². The molecule has 0 aliphatic carbocycles. The monoisotopic (exact) mass is 395 g/mol. The van der Waals surface area contributed by atoms with Gasteiger partial charge in [-0.3, -0.25) is 14.6 Å². The Bertz CT molecular complexity index is 958. The quantitative estimate of drug-likeness (QED) is 0.608. The van der Waals surface area contributed by atoms with Gasteiger partial charge in [0.25, 0.3) is 5.91 Å². The number of nitrogens with zero attached hydrogens (tertiary/aromatic N) is 1. The number of hydrogen-bond acceptors (Lipinski definition) is 6. The van der Waals surface area contributed by atoms with Gasteiger partial charge >= 0.3 is 0 Å². The molecule has 0 aliphatic heterocycles. The molecular weight excluding hydrogens is 374 g/mol. The third-order valence-electron chi connectivity index (χ3n) is 4.07. The molecule has 0 spiro atoms. The maximum absolute atomic E-state index is 12.4. The van der Waals surface area contributed by atoms with Crippen molar-refractivity contribution >= 4 is 17.5 Å². The van der Waals surface area contributed by atoms with Crippen molar-refractivity contribution in [3.63, 3.8) is 0 Å². The molecule has 0 saturated carbocycles. The number of rotatable bonds is 8. The van der Waals surface area contributed by atoms with Gasteiger partial charge in [-0.25, -0.2) is 0 Å². The standard InChI is InChI=1S/C21H21N3O5/c1-14(23-21(26)16-7-9-28-13-16)20(25)24-17-5-6-18(27-2)19(10-17)29-12-15-4-3-8-22-11-15/h3-11,13-14H,12H2,1-2H3,(H,23,26)(H,24,25)/t14-/m0/s1. The molecule has 0 fully saturated rings. The van der Waals surface area contributed by atoms with E-state index in [2.05, 4.69) is 15.6 Å². The minimum atomic E-state index is -0.751. The van der Waals surface area contributed by atoms with Crippen LogP contribution in [-0.2, 0) is 11.4 Å². The second-order valence-electron chi connectivity index (χ2n) is 6.21. The van der Waals surface area contributed by atoms with Crippen LogP contribution in [0, 0.1) is 0 Å². The van der Waals surface area contributed by atoms with Gasteiger partial charge < -0.3 is 24.5 Å². The fraction of sp³-hybridized carbons (Fsp3) is 0.190. The summed E-state index contributed by atoms with van der Waals surface area (Å²) in [6.07, 6.45) is 6.11. The van der Waals surface area contributed by atoms with Gasteiger partial charge in [0.05, 0.1) is 18.9 Å². The van der Waals surface area contributed by atoms with Crippen molar-refractivity contribution in [2.45, 2.75) is 19.6 Å². The number of carbonyl (C=O) groups is 2. The number of hydrogen-bond donors (Lipinski definition) is 2. The van der Waals surface area contributed by atoms with Crippen molar-refractivity contribution in [2.75, 3.05) is 12.4 Å². The van der Waals surface area contributed by atoms with E-state index in [1.165, 1.54) is 25.7 Å². The number of nitrogens with one attached hydrogen (secondary N) is 2. The lowest BCUT2D eigenvalue weighted by atomic mass is 10.2. The molecule has 0 aliphatic rings. The van der Waals surface area contributed by atoms with Crippen LogP contribution in [0.15, 0.2) is 65.7 Å². The fourth-order valence-electron chi connectivity index (χ4n) is 2.50. The molecule has 150 valence electrons. The third kappa shape index (κ3) is 5.35. The highest BCUT2D eigenvalue weighted by atomic mass is 16.5. The molecule has 0 unspecified atom stereocenters. The zero-order valence-corrected chi connectivity index (χ0v) is 16.0. The summed E-state index contributed by atoms with van der Waals surface area (Å²) in [5, 5.41) is 5.37. The second-order valence-corrected chi connectivity index (χ2v) is 6.21. The first kappa shape index (κ1) is 19.9. The summed E-state index contributed by atoms with van der Waals surface area (Å²) in [7, 11) is 1.54. The van der Waals surface area contributed by atoms with Crippen LogP contribution in [0.3, 0.4) is 0 Å². The van der Waals surface area contributed by atoms with E-state index in [1.807, 2.05) is 12.1 Å². The molecule has 1 aromatic carbocycles. The predicted octanol–water partition coefficient (Wildman–Crippen LogP) is 3.02. The van der Waals surface area contributed by atoms with Crippen molar-refractivity contribution in [1.82, 2.24) is 10.3 Å². The SMILES string of the molecule is COc1ccc(NC(=O)[C@H](C)NC(=O)c2ccoc2)cc1OCc1cccnc1. The van der Waals surface area contributed by atoms with Crippen LogP contribution in [0.2, 0.25) is 0 Å². The molecule has 2 N–H and O–H groups in total. The Labute approximate surface area is 167 Å². The second kappa shape index (κ2) is 9.41. The fourth-order valence-corrected chi connectivity index (χ4v) is 2.50. The normalized spacial score (nSPS) is 11.4. The molecule has 3 rings (SSSR count). The van der Waals surface area contributed by atoms with Gasteiger partial charge in [-0.15, -0.1) is 0 Å². The number of ether oxygens (including phenoxy) is 2. The number of carbonyl (C=O) groups excluding carboxylic acids is 2. The topological polar surface area (TPSA) is 103 Å². The van der Waals surface area contributed by atoms with Crippen molar-refractivity contribution in [3.8, 4) is 11.5 Å². The molecule has 2 aromatic heterocycles. The molecule has 2 heterocycles. The van der Waals surface area contributed by atoms with E-state index in [9.17, 15) is 9.59 Å². The number of amides is 2. The van der Waals surface area contributed by atoms with Crippen LogP contribution >= 0.6 is 0 Å². The summed E-state index contributed by atoms with van der Waals surface area (Å²) in [5.74, 6) is 0.249. The number of benzene rings is 1. The third-order valence-corrected chi connectivity index (χ3v) is 4.07. The van der Waals surface area contributed by atoms with E-state index >= 15 is 0 Å². The number of furan rings is 1. The number of aromatic nitrogens is 1. The predicted molar refractivity (Wildman–Crippen MR) is 106 cm³/mol. The van der Waals surface area contributed by atoms with Crippen molar-refractivity contribution in [3.05, 3.63) is 72.4 Å². The molecule has 0 radical (unpaired) electrons. The van der Waals surface area contributed by atoms with Crippen LogP contribution in [0.5, 0.6) is 11.5 Å². The van der Waals surface area contributed by atoms with Gasteiger partial charge in [0.1, 0.15) is 18.9 Å². The van der Waals surface area contributed by atoms with Gasteiger partial charge in [-0.2, -0.15) is 0 Å². The molecular formula is C21H21N3O5. The molecule has 8 heteroatoms. The molecule has 2 amide bonds. The average Bonchev–Trinajstić information content (AvgIpc) is 3.28. The molecule has 1 atom stereocenters. The molecule has 3 aromatic rings. The Morgan fingerprint density at radius 1 is 1.21 bits per heavy atom. The number of anilines is 1. The van der Waals surface area contributed by atoms with Crippen LogP contribution in [0.4, 0.5) is 5.69 Å². The smallest absolute Gasteiger partial charge is 0.255 e. The van der Waals surface area contributed by atoms with Gasteiger partial charge in [0.2, 0.25) is 5.91 Å². The van der Waals surface area contributed by atoms with E-state index < -0.39 is 11.9 Å². The Balaban J connectivity index is 1.63. The van der Waals surface area contributed by atoms with Gasteiger partial charge in [0.15, 0.2) is 11.5 Å². The van der Waals surface area contributed by atoms with Gasteiger partial charge in [0, 0.05) is 29.7 Å². The van der Waals surface area contributed by atoms with Gasteiger partial charge in [-0.05, 0) is 31.2 Å². The van der Waals surface area contributed by atoms with Crippen LogP contribution in [0.25, 0.3) is 0 Å². The first-order chi connectivity index (χ1) is 14.1. The highest BCUT2D eigenvalue weighted by Crippen LogP contribution is 2.31. The average molecular weight is 395 g/mol. The largest absolute Gasteiger partial charge is 0.493 e. The van der Waals surface area contributed by atoms with E-state index in [0.717, 1.165) is 5.56 Å². The number of methoxy groups -OCH3 is 1. The Morgan fingerprint density at radius 2 is 2.07 bits per heavy atom. The molecule has 29 heavy (non-hydrogen) atoms. The number of pyridine rings is 1. The van der Waals surface area contributed by atoms with Crippen molar-refractivity contribution in [2.24, 2.45) is 0 Å². The van der Waals surface area contributed by atoms with Crippen molar-refractivity contribution < 1.29 is 23.5 Å². The van der Waals surface area contributed by atoms with Crippen molar-refractivity contribution in [1.29, 1.82) is 0 Å². The molecule has 8 nitrogen and oxygen atoms in total. The minimum absolute atomic E-state index is 0.304. The zero-order valence-electron chi connectivity index (χ0n) is 16.0. The Morgan fingerprint density at radius 3 is 2.76 bits per heavy atom. The molecule has 0 saturated heterocycles. The molecule has 0 bridgehead atoms. The first-order valence-corrected chi connectivity index (χ1v) is 8.90. The summed E-state index contributed by atoms with van der Waals surface area (Å²) in [6, 6.07) is 9.55. The summed E-state index contributed by atoms with van der Waals surface area (Å²) >= 11 is 0. The van der Waals surface area contributed by atoms with Crippen LogP contribution in [-0.4, -0.2) is 29.9 Å². The maximum atomic E-state index is 12.4. The highest BCUT2D eigenvalue weighted by Gasteiger charge is 2.18.